The van der Waals surface area contributed by atoms with Gasteiger partial charge in [0.1, 0.15) is 5.60 Å². The van der Waals surface area contributed by atoms with E-state index in [9.17, 15) is 9.90 Å². The van der Waals surface area contributed by atoms with Crippen LogP contribution in [0.15, 0.2) is 28.7 Å². The fraction of sp³-hybridized carbons (Fsp3) is 0.462. The van der Waals surface area contributed by atoms with Crippen LogP contribution in [-0.2, 0) is 4.74 Å². The Balaban J connectivity index is 2.74. The number of aliphatic hydroxyl groups is 1. The minimum Gasteiger partial charge on any atom is -0.444 e. The van der Waals surface area contributed by atoms with Crippen molar-refractivity contribution in [3.63, 3.8) is 0 Å². The van der Waals surface area contributed by atoms with Crippen LogP contribution >= 0.6 is 15.9 Å². The molecule has 100 valence electrons. The molecule has 1 amide bonds. The summed E-state index contributed by atoms with van der Waals surface area (Å²) in [5, 5.41) is 12.0. The number of amides is 1. The van der Waals surface area contributed by atoms with E-state index in [-0.39, 0.29) is 6.61 Å². The molecule has 0 radical (unpaired) electrons. The average Bonchev–Trinajstić information content (AvgIpc) is 2.24. The molecule has 1 aromatic carbocycles. The van der Waals surface area contributed by atoms with E-state index >= 15 is 0 Å². The number of rotatable bonds is 3. The quantitative estimate of drug-likeness (QED) is 0.901. The minimum absolute atomic E-state index is 0.193. The lowest BCUT2D eigenvalue weighted by molar-refractivity contribution is 0.0481. The number of hydrogen-bond donors (Lipinski definition) is 2. The number of alkyl carbamates (subject to hydrolysis) is 1. The molecule has 18 heavy (non-hydrogen) atoms. The van der Waals surface area contributed by atoms with Crippen molar-refractivity contribution in [1.29, 1.82) is 0 Å². The molecular formula is C13H18BrNO3. The third kappa shape index (κ3) is 4.66. The molecule has 0 aromatic heterocycles. The van der Waals surface area contributed by atoms with Crippen molar-refractivity contribution in [2.45, 2.75) is 32.4 Å². The lowest BCUT2D eigenvalue weighted by atomic mass is 10.1. The zero-order chi connectivity index (χ0) is 13.8. The third-order valence-corrected chi connectivity index (χ3v) is 2.88. The molecule has 0 fully saturated rings. The second kappa shape index (κ2) is 6.20. The van der Waals surface area contributed by atoms with Crippen LogP contribution in [0.1, 0.15) is 32.4 Å². The van der Waals surface area contributed by atoms with E-state index in [0.717, 1.165) is 10.0 Å². The van der Waals surface area contributed by atoms with Crippen LogP contribution in [0.5, 0.6) is 0 Å². The summed E-state index contributed by atoms with van der Waals surface area (Å²) in [6.45, 7) is 5.18. The molecule has 2 N–H and O–H groups in total. The maximum absolute atomic E-state index is 11.7. The Morgan fingerprint density at radius 3 is 2.56 bits per heavy atom. The summed E-state index contributed by atoms with van der Waals surface area (Å²) in [4.78, 5) is 11.7. The molecule has 0 bridgehead atoms. The molecular weight excluding hydrogens is 298 g/mol. The van der Waals surface area contributed by atoms with E-state index in [1.807, 2.05) is 24.3 Å². The molecule has 0 aliphatic heterocycles. The van der Waals surface area contributed by atoms with Crippen molar-refractivity contribution in [2.75, 3.05) is 6.61 Å². The predicted molar refractivity (Wildman–Crippen MR) is 73.3 cm³/mol. The van der Waals surface area contributed by atoms with Gasteiger partial charge in [-0.2, -0.15) is 0 Å². The Kier molecular flexibility index (Phi) is 5.16. The summed E-state index contributed by atoms with van der Waals surface area (Å²) < 4.78 is 5.99. The smallest absolute Gasteiger partial charge is 0.408 e. The summed E-state index contributed by atoms with van der Waals surface area (Å²) in [5.41, 5.74) is 0.253. The van der Waals surface area contributed by atoms with Gasteiger partial charge in [0.05, 0.1) is 12.6 Å². The van der Waals surface area contributed by atoms with Gasteiger partial charge in [-0.05, 0) is 32.4 Å². The summed E-state index contributed by atoms with van der Waals surface area (Å²) in [6, 6.07) is 6.92. The molecule has 0 spiro atoms. The Labute approximate surface area is 115 Å². The molecule has 1 aromatic rings. The summed E-state index contributed by atoms with van der Waals surface area (Å²) in [5.74, 6) is 0. The van der Waals surface area contributed by atoms with Gasteiger partial charge in [0.25, 0.3) is 0 Å². The molecule has 0 saturated heterocycles. The Bertz CT molecular complexity index is 415. The number of aliphatic hydroxyl groups excluding tert-OH is 1. The topological polar surface area (TPSA) is 58.6 Å². The van der Waals surface area contributed by atoms with Crippen LogP contribution in [0.2, 0.25) is 0 Å². The highest BCUT2D eigenvalue weighted by molar-refractivity contribution is 9.10. The van der Waals surface area contributed by atoms with Gasteiger partial charge >= 0.3 is 6.09 Å². The number of hydrogen-bond acceptors (Lipinski definition) is 3. The fourth-order valence-electron chi connectivity index (χ4n) is 1.43. The van der Waals surface area contributed by atoms with Gasteiger partial charge < -0.3 is 15.2 Å². The van der Waals surface area contributed by atoms with Gasteiger partial charge in [0.15, 0.2) is 0 Å². The summed E-state index contributed by atoms with van der Waals surface area (Å²) >= 11 is 3.39. The van der Waals surface area contributed by atoms with E-state index in [1.54, 1.807) is 20.8 Å². The Morgan fingerprint density at radius 1 is 1.44 bits per heavy atom. The summed E-state index contributed by atoms with van der Waals surface area (Å²) in [7, 11) is 0. The largest absolute Gasteiger partial charge is 0.444 e. The number of benzene rings is 1. The highest BCUT2D eigenvalue weighted by Crippen LogP contribution is 2.23. The van der Waals surface area contributed by atoms with Crippen LogP contribution in [0, 0.1) is 0 Å². The van der Waals surface area contributed by atoms with Gasteiger partial charge in [-0.15, -0.1) is 0 Å². The highest BCUT2D eigenvalue weighted by atomic mass is 79.9. The van der Waals surface area contributed by atoms with E-state index in [0.29, 0.717) is 0 Å². The van der Waals surface area contributed by atoms with Crippen molar-refractivity contribution >= 4 is 22.0 Å². The van der Waals surface area contributed by atoms with Crippen molar-refractivity contribution in [1.82, 2.24) is 5.32 Å². The molecule has 0 saturated carbocycles. The molecule has 0 aliphatic carbocycles. The number of nitrogens with one attached hydrogen (secondary N) is 1. The standard InChI is InChI=1S/C13H18BrNO3/c1-13(2,3)18-12(17)15-11(8-16)9-6-4-5-7-10(9)14/h4-7,11,16H,8H2,1-3H3,(H,15,17)/t11-/m1/s1. The van der Waals surface area contributed by atoms with Crippen LogP contribution in [-0.4, -0.2) is 23.4 Å². The van der Waals surface area contributed by atoms with Crippen LogP contribution in [0.3, 0.4) is 0 Å². The second-order valence-corrected chi connectivity index (χ2v) is 5.76. The number of ether oxygens (including phenoxy) is 1. The van der Waals surface area contributed by atoms with Crippen molar-refractivity contribution in [2.24, 2.45) is 0 Å². The maximum Gasteiger partial charge on any atom is 0.408 e. The van der Waals surface area contributed by atoms with Gasteiger partial charge in [-0.3, -0.25) is 0 Å². The molecule has 5 heteroatoms. The first-order valence-corrected chi connectivity index (χ1v) is 6.47. The van der Waals surface area contributed by atoms with Crippen molar-refractivity contribution in [3.05, 3.63) is 34.3 Å². The van der Waals surface area contributed by atoms with E-state index in [1.165, 1.54) is 0 Å². The van der Waals surface area contributed by atoms with Gasteiger partial charge in [-0.1, -0.05) is 34.1 Å². The van der Waals surface area contributed by atoms with E-state index < -0.39 is 17.7 Å². The molecule has 0 heterocycles. The normalized spacial score (nSPS) is 12.9. The molecule has 0 unspecified atom stereocenters. The van der Waals surface area contributed by atoms with Gasteiger partial charge in [-0.25, -0.2) is 4.79 Å². The van der Waals surface area contributed by atoms with Gasteiger partial charge in [0.2, 0.25) is 0 Å². The number of halogens is 1. The van der Waals surface area contributed by atoms with E-state index in [4.69, 9.17) is 4.74 Å². The first-order chi connectivity index (χ1) is 8.33. The third-order valence-electron chi connectivity index (χ3n) is 2.15. The monoisotopic (exact) mass is 315 g/mol. The fourth-order valence-corrected chi connectivity index (χ4v) is 1.99. The number of carbonyl (C=O) groups is 1. The summed E-state index contributed by atoms with van der Waals surface area (Å²) in [6.07, 6.45) is -0.544. The first-order valence-electron chi connectivity index (χ1n) is 5.68. The zero-order valence-corrected chi connectivity index (χ0v) is 12.3. The second-order valence-electron chi connectivity index (χ2n) is 4.90. The zero-order valence-electron chi connectivity index (χ0n) is 10.7. The predicted octanol–water partition coefficient (Wildman–Crippen LogP) is 3.01. The van der Waals surface area contributed by atoms with Crippen molar-refractivity contribution < 1.29 is 14.6 Å². The Morgan fingerprint density at radius 2 is 2.06 bits per heavy atom. The van der Waals surface area contributed by atoms with Crippen LogP contribution < -0.4 is 5.32 Å². The van der Waals surface area contributed by atoms with Crippen molar-refractivity contribution in [3.8, 4) is 0 Å². The lowest BCUT2D eigenvalue weighted by Gasteiger charge is -2.23. The van der Waals surface area contributed by atoms with E-state index in [2.05, 4.69) is 21.2 Å². The molecule has 1 rings (SSSR count). The molecule has 4 nitrogen and oxygen atoms in total. The first kappa shape index (κ1) is 15.0. The SMILES string of the molecule is CC(C)(C)OC(=O)N[C@H](CO)c1ccccc1Br. The van der Waals surface area contributed by atoms with Gasteiger partial charge in [0, 0.05) is 4.47 Å². The maximum atomic E-state index is 11.7. The van der Waals surface area contributed by atoms with Crippen LogP contribution in [0.4, 0.5) is 4.79 Å². The minimum atomic E-state index is -0.558. The lowest BCUT2D eigenvalue weighted by Crippen LogP contribution is -2.36. The molecule has 0 aliphatic rings. The van der Waals surface area contributed by atoms with Crippen LogP contribution in [0.25, 0.3) is 0 Å². The average molecular weight is 316 g/mol. The number of carbonyl (C=O) groups excluding carboxylic acids is 1. The highest BCUT2D eigenvalue weighted by Gasteiger charge is 2.21. The molecule has 1 atom stereocenters. The Hall–Kier alpha value is -1.07.